The predicted octanol–water partition coefficient (Wildman–Crippen LogP) is 1.99. The smallest absolute Gasteiger partial charge is 0.242 e. The second-order valence-corrected chi connectivity index (χ2v) is 3.08. The fourth-order valence-corrected chi connectivity index (χ4v) is 1.26. The van der Waals surface area contributed by atoms with Gasteiger partial charge in [-0.3, -0.25) is 4.79 Å². The predicted molar refractivity (Wildman–Crippen MR) is 49.0 cm³/mol. The molecule has 0 fully saturated rings. The third-order valence-corrected chi connectivity index (χ3v) is 2.15. The zero-order valence-electron chi connectivity index (χ0n) is 7.35. The van der Waals surface area contributed by atoms with Crippen molar-refractivity contribution in [3.8, 4) is 0 Å². The summed E-state index contributed by atoms with van der Waals surface area (Å²) < 4.78 is 25.6. The van der Waals surface area contributed by atoms with Gasteiger partial charge in [0.05, 0.1) is 0 Å². The normalized spacial score (nSPS) is 12.3. The van der Waals surface area contributed by atoms with Gasteiger partial charge in [-0.1, -0.05) is 6.07 Å². The Balaban J connectivity index is 3.01. The van der Waals surface area contributed by atoms with Crippen molar-refractivity contribution in [2.24, 2.45) is 0 Å². The Morgan fingerprint density at radius 2 is 2.14 bits per heavy atom. The number of carbonyl (C=O) groups is 1. The van der Waals surface area contributed by atoms with Crippen LogP contribution in [0.5, 0.6) is 0 Å². The molecule has 0 bridgehead atoms. The molecule has 76 valence electrons. The number of benzene rings is 1. The van der Waals surface area contributed by atoms with E-state index in [2.05, 4.69) is 5.32 Å². The average molecular weight is 220 g/mol. The highest BCUT2D eigenvalue weighted by molar-refractivity contribution is 6.30. The molecule has 0 saturated carbocycles. The van der Waals surface area contributed by atoms with E-state index in [1.165, 1.54) is 7.05 Å². The average Bonchev–Trinajstić information content (AvgIpc) is 2.15. The van der Waals surface area contributed by atoms with E-state index in [1.54, 1.807) is 0 Å². The van der Waals surface area contributed by atoms with Crippen molar-refractivity contribution in [1.29, 1.82) is 0 Å². The maximum atomic E-state index is 13.1. The Morgan fingerprint density at radius 3 is 2.64 bits per heavy atom. The molecule has 0 saturated heterocycles. The van der Waals surface area contributed by atoms with E-state index in [0.717, 1.165) is 12.1 Å². The number of hydrogen-bond acceptors (Lipinski definition) is 1. The van der Waals surface area contributed by atoms with Crippen molar-refractivity contribution in [3.63, 3.8) is 0 Å². The van der Waals surface area contributed by atoms with Crippen LogP contribution < -0.4 is 5.32 Å². The van der Waals surface area contributed by atoms with Crippen molar-refractivity contribution in [2.45, 2.75) is 5.38 Å². The molecule has 0 aliphatic heterocycles. The first-order chi connectivity index (χ1) is 6.56. The maximum Gasteiger partial charge on any atom is 0.242 e. The number of alkyl halides is 1. The largest absolute Gasteiger partial charge is 0.358 e. The molecule has 1 aromatic carbocycles. The number of carbonyl (C=O) groups excluding carboxylic acids is 1. The SMILES string of the molecule is CNC(=O)C(Cl)c1ccc(F)cc1F. The maximum absolute atomic E-state index is 13.1. The number of rotatable bonds is 2. The van der Waals surface area contributed by atoms with Gasteiger partial charge in [0, 0.05) is 18.7 Å². The number of nitrogens with one attached hydrogen (secondary N) is 1. The minimum Gasteiger partial charge on any atom is -0.358 e. The highest BCUT2D eigenvalue weighted by Gasteiger charge is 2.19. The summed E-state index contributed by atoms with van der Waals surface area (Å²) in [6.07, 6.45) is 0. The van der Waals surface area contributed by atoms with E-state index in [9.17, 15) is 13.6 Å². The summed E-state index contributed by atoms with van der Waals surface area (Å²) >= 11 is 5.64. The summed E-state index contributed by atoms with van der Waals surface area (Å²) in [6.45, 7) is 0. The fourth-order valence-electron chi connectivity index (χ4n) is 0.975. The summed E-state index contributed by atoms with van der Waals surface area (Å²) in [5.74, 6) is -2.06. The van der Waals surface area contributed by atoms with Gasteiger partial charge >= 0.3 is 0 Å². The standard InChI is InChI=1S/C9H8ClF2NO/c1-13-9(14)8(10)6-3-2-5(11)4-7(6)12/h2-4,8H,1H3,(H,13,14). The van der Waals surface area contributed by atoms with Crippen LogP contribution in [0.25, 0.3) is 0 Å². The zero-order chi connectivity index (χ0) is 10.7. The van der Waals surface area contributed by atoms with E-state index < -0.39 is 22.9 Å². The van der Waals surface area contributed by atoms with Gasteiger partial charge in [0.2, 0.25) is 5.91 Å². The van der Waals surface area contributed by atoms with E-state index in [0.29, 0.717) is 6.07 Å². The highest BCUT2D eigenvalue weighted by atomic mass is 35.5. The van der Waals surface area contributed by atoms with Crippen LogP contribution in [-0.4, -0.2) is 13.0 Å². The van der Waals surface area contributed by atoms with E-state index in [1.807, 2.05) is 0 Å². The number of hydrogen-bond donors (Lipinski definition) is 1. The van der Waals surface area contributed by atoms with Crippen LogP contribution in [-0.2, 0) is 4.79 Å². The van der Waals surface area contributed by atoms with Gasteiger partial charge < -0.3 is 5.32 Å². The lowest BCUT2D eigenvalue weighted by Gasteiger charge is -2.08. The van der Waals surface area contributed by atoms with Gasteiger partial charge in [0.1, 0.15) is 17.0 Å². The summed E-state index contributed by atoms with van der Waals surface area (Å²) in [5.41, 5.74) is -0.0348. The minimum atomic E-state index is -1.14. The molecular formula is C9H8ClF2NO. The van der Waals surface area contributed by atoms with Crippen molar-refractivity contribution in [2.75, 3.05) is 7.05 Å². The number of amides is 1. The summed E-state index contributed by atoms with van der Waals surface area (Å²) in [6, 6.07) is 2.89. The number of halogens is 3. The third-order valence-electron chi connectivity index (χ3n) is 1.71. The van der Waals surface area contributed by atoms with E-state index >= 15 is 0 Å². The van der Waals surface area contributed by atoms with Gasteiger partial charge in [-0.15, -0.1) is 11.6 Å². The van der Waals surface area contributed by atoms with Crippen molar-refractivity contribution in [1.82, 2.24) is 5.32 Å². The number of likely N-dealkylation sites (N-methyl/N-ethyl adjacent to an activating group) is 1. The third kappa shape index (κ3) is 2.20. The Bertz CT molecular complexity index is 357. The van der Waals surface area contributed by atoms with E-state index in [-0.39, 0.29) is 5.56 Å². The van der Waals surface area contributed by atoms with Crippen LogP contribution in [0.1, 0.15) is 10.9 Å². The summed E-state index contributed by atoms with van der Waals surface area (Å²) in [4.78, 5) is 11.0. The lowest BCUT2D eigenvalue weighted by Crippen LogP contribution is -2.23. The molecule has 0 aromatic heterocycles. The van der Waals surface area contributed by atoms with Crippen LogP contribution in [0, 0.1) is 11.6 Å². The molecule has 0 radical (unpaired) electrons. The van der Waals surface area contributed by atoms with E-state index in [4.69, 9.17) is 11.6 Å². The van der Waals surface area contributed by atoms with Crippen molar-refractivity contribution in [3.05, 3.63) is 35.4 Å². The van der Waals surface area contributed by atoms with Gasteiger partial charge in [-0.25, -0.2) is 8.78 Å². The second kappa shape index (κ2) is 4.37. The van der Waals surface area contributed by atoms with Gasteiger partial charge in [-0.05, 0) is 6.07 Å². The molecular weight excluding hydrogens is 212 g/mol. The van der Waals surface area contributed by atoms with Crippen LogP contribution in [0.4, 0.5) is 8.78 Å². The molecule has 0 heterocycles. The van der Waals surface area contributed by atoms with Crippen LogP contribution in [0.2, 0.25) is 0 Å². The molecule has 1 N–H and O–H groups in total. The van der Waals surface area contributed by atoms with Crippen LogP contribution >= 0.6 is 11.6 Å². The lowest BCUT2D eigenvalue weighted by molar-refractivity contribution is -0.120. The van der Waals surface area contributed by atoms with Gasteiger partial charge in [-0.2, -0.15) is 0 Å². The minimum absolute atomic E-state index is 0.0348. The van der Waals surface area contributed by atoms with Crippen molar-refractivity contribution >= 4 is 17.5 Å². The Hall–Kier alpha value is -1.16. The molecule has 1 unspecified atom stereocenters. The Labute approximate surface area is 84.9 Å². The molecule has 0 aliphatic carbocycles. The van der Waals surface area contributed by atoms with Gasteiger partial charge in [0.25, 0.3) is 0 Å². The topological polar surface area (TPSA) is 29.1 Å². The lowest BCUT2D eigenvalue weighted by atomic mass is 10.1. The monoisotopic (exact) mass is 219 g/mol. The first-order valence-corrected chi connectivity index (χ1v) is 4.30. The second-order valence-electron chi connectivity index (χ2n) is 2.64. The molecule has 0 spiro atoms. The Morgan fingerprint density at radius 1 is 1.50 bits per heavy atom. The zero-order valence-corrected chi connectivity index (χ0v) is 8.11. The quantitative estimate of drug-likeness (QED) is 0.758. The molecule has 1 atom stereocenters. The van der Waals surface area contributed by atoms with Crippen LogP contribution in [0.15, 0.2) is 18.2 Å². The molecule has 1 rings (SSSR count). The molecule has 2 nitrogen and oxygen atoms in total. The molecule has 14 heavy (non-hydrogen) atoms. The summed E-state index contributed by atoms with van der Waals surface area (Å²) in [5, 5.41) is 1.14. The molecule has 0 aliphatic rings. The van der Waals surface area contributed by atoms with Crippen LogP contribution in [0.3, 0.4) is 0 Å². The Kier molecular flexibility index (Phi) is 3.41. The first-order valence-electron chi connectivity index (χ1n) is 3.87. The van der Waals surface area contributed by atoms with Gasteiger partial charge in [0.15, 0.2) is 0 Å². The fraction of sp³-hybridized carbons (Fsp3) is 0.222. The highest BCUT2D eigenvalue weighted by Crippen LogP contribution is 2.23. The molecule has 5 heteroatoms. The molecule has 1 aromatic rings. The summed E-state index contributed by atoms with van der Waals surface area (Å²) in [7, 11) is 1.39. The van der Waals surface area contributed by atoms with Crippen molar-refractivity contribution < 1.29 is 13.6 Å². The first kappa shape index (κ1) is 10.9. The molecule has 1 amide bonds.